The van der Waals surface area contributed by atoms with E-state index in [1.165, 1.54) is 0 Å². The highest BCUT2D eigenvalue weighted by Gasteiger charge is 2.21. The fourth-order valence-electron chi connectivity index (χ4n) is 0.878. The fraction of sp³-hybridized carbons (Fsp3) is 0.375. The summed E-state index contributed by atoms with van der Waals surface area (Å²) >= 11 is 0. The van der Waals surface area contributed by atoms with E-state index in [0.29, 0.717) is 0 Å². The third-order valence-electron chi connectivity index (χ3n) is 1.64. The fourth-order valence-corrected chi connectivity index (χ4v) is 0.878. The molecule has 1 unspecified atom stereocenters. The molecule has 0 aliphatic rings. The summed E-state index contributed by atoms with van der Waals surface area (Å²) in [6.45, 7) is -0.545. The van der Waals surface area contributed by atoms with E-state index >= 15 is 0 Å². The van der Waals surface area contributed by atoms with Gasteiger partial charge in [-0.1, -0.05) is 0 Å². The molecule has 0 bridgehead atoms. The van der Waals surface area contributed by atoms with Crippen LogP contribution in [-0.2, 0) is 9.53 Å². The Bertz CT molecular complexity index is 335. The minimum atomic E-state index is -1.10. The molecule has 2 N–H and O–H groups in total. The lowest BCUT2D eigenvalue weighted by atomic mass is 10.3. The molecule has 1 aromatic rings. The van der Waals surface area contributed by atoms with Crippen molar-refractivity contribution in [2.75, 3.05) is 13.7 Å². The maximum absolute atomic E-state index is 11.3. The Morgan fingerprint density at radius 3 is 2.93 bits per heavy atom. The lowest BCUT2D eigenvalue weighted by Gasteiger charge is -2.12. The van der Waals surface area contributed by atoms with Gasteiger partial charge in [-0.05, 0) is 0 Å². The van der Waals surface area contributed by atoms with Crippen molar-refractivity contribution >= 4 is 11.9 Å². The van der Waals surface area contributed by atoms with E-state index in [1.807, 2.05) is 0 Å². The number of amides is 1. The van der Waals surface area contributed by atoms with Crippen LogP contribution in [-0.4, -0.2) is 41.7 Å². The second-order valence-corrected chi connectivity index (χ2v) is 2.61. The van der Waals surface area contributed by atoms with Gasteiger partial charge in [0, 0.05) is 0 Å². The van der Waals surface area contributed by atoms with Gasteiger partial charge in [0.15, 0.2) is 18.1 Å². The first-order chi connectivity index (χ1) is 7.19. The van der Waals surface area contributed by atoms with Crippen LogP contribution in [0.2, 0.25) is 0 Å². The summed E-state index contributed by atoms with van der Waals surface area (Å²) in [6, 6.07) is -1.10. The van der Waals surface area contributed by atoms with E-state index < -0.39 is 24.5 Å². The summed E-state index contributed by atoms with van der Waals surface area (Å²) < 4.78 is 8.95. The first-order valence-corrected chi connectivity index (χ1v) is 4.06. The van der Waals surface area contributed by atoms with Crippen molar-refractivity contribution in [2.24, 2.45) is 0 Å². The first-order valence-electron chi connectivity index (χ1n) is 4.06. The molecule has 7 heteroatoms. The zero-order chi connectivity index (χ0) is 11.3. The van der Waals surface area contributed by atoms with E-state index in [9.17, 15) is 9.59 Å². The number of methoxy groups -OCH3 is 1. The maximum Gasteiger partial charge on any atom is 0.330 e. The Balaban J connectivity index is 2.60. The van der Waals surface area contributed by atoms with Gasteiger partial charge in [-0.2, -0.15) is 0 Å². The van der Waals surface area contributed by atoms with Gasteiger partial charge in [-0.15, -0.1) is 0 Å². The SMILES string of the molecule is COC(=O)C(CO)NC(=O)c1cocn1. The normalized spacial score (nSPS) is 11.9. The second kappa shape index (κ2) is 5.11. The van der Waals surface area contributed by atoms with Gasteiger partial charge in [0.2, 0.25) is 0 Å². The molecule has 0 saturated heterocycles. The Morgan fingerprint density at radius 2 is 2.47 bits per heavy atom. The predicted octanol–water partition coefficient (Wildman–Crippen LogP) is -1.06. The van der Waals surface area contributed by atoms with E-state index in [0.717, 1.165) is 19.8 Å². The van der Waals surface area contributed by atoms with Crippen LogP contribution in [0.1, 0.15) is 10.5 Å². The van der Waals surface area contributed by atoms with Crippen molar-refractivity contribution < 1.29 is 23.8 Å². The van der Waals surface area contributed by atoms with Gasteiger partial charge in [-0.25, -0.2) is 9.78 Å². The van der Waals surface area contributed by atoms with Gasteiger partial charge in [0.05, 0.1) is 13.7 Å². The molecule has 0 aliphatic heterocycles. The van der Waals surface area contributed by atoms with Gasteiger partial charge < -0.3 is 19.6 Å². The third-order valence-corrected chi connectivity index (χ3v) is 1.64. The molecule has 1 amide bonds. The van der Waals surface area contributed by atoms with E-state index in [2.05, 4.69) is 19.5 Å². The summed E-state index contributed by atoms with van der Waals surface area (Å²) in [7, 11) is 1.16. The lowest BCUT2D eigenvalue weighted by molar-refractivity contribution is -0.143. The number of esters is 1. The van der Waals surface area contributed by atoms with E-state index in [1.54, 1.807) is 0 Å². The molecule has 0 fully saturated rings. The number of carbonyl (C=O) groups is 2. The topological polar surface area (TPSA) is 102 Å². The highest BCUT2D eigenvalue weighted by atomic mass is 16.5. The zero-order valence-corrected chi connectivity index (χ0v) is 7.97. The third kappa shape index (κ3) is 2.78. The van der Waals surface area contributed by atoms with Crippen LogP contribution >= 0.6 is 0 Å². The molecule has 1 aromatic heterocycles. The number of oxazole rings is 1. The average molecular weight is 214 g/mol. The second-order valence-electron chi connectivity index (χ2n) is 2.61. The number of carbonyl (C=O) groups excluding carboxylic acids is 2. The van der Waals surface area contributed by atoms with Crippen molar-refractivity contribution in [2.45, 2.75) is 6.04 Å². The van der Waals surface area contributed by atoms with Crippen LogP contribution < -0.4 is 5.32 Å². The molecular weight excluding hydrogens is 204 g/mol. The van der Waals surface area contributed by atoms with Crippen LogP contribution in [0.15, 0.2) is 17.1 Å². The number of hydrogen-bond acceptors (Lipinski definition) is 6. The number of hydrogen-bond donors (Lipinski definition) is 2. The molecule has 0 spiro atoms. The first kappa shape index (κ1) is 11.2. The molecule has 7 nitrogen and oxygen atoms in total. The van der Waals surface area contributed by atoms with Crippen LogP contribution in [0.4, 0.5) is 0 Å². The summed E-state index contributed by atoms with van der Waals surface area (Å²) in [5.41, 5.74) is 0.0253. The standard InChI is InChI=1S/C8H10N2O5/c1-14-8(13)5(2-11)10-7(12)6-3-15-4-9-6/h3-5,11H,2H2,1H3,(H,10,12). The van der Waals surface area contributed by atoms with Crippen molar-refractivity contribution in [3.63, 3.8) is 0 Å². The summed E-state index contributed by atoms with van der Waals surface area (Å²) in [5.74, 6) is -1.34. The molecule has 0 aromatic carbocycles. The minimum absolute atomic E-state index is 0.0253. The lowest BCUT2D eigenvalue weighted by Crippen LogP contribution is -2.44. The molecule has 15 heavy (non-hydrogen) atoms. The summed E-state index contributed by atoms with van der Waals surface area (Å²) in [6.07, 6.45) is 2.21. The molecule has 0 saturated carbocycles. The molecule has 1 heterocycles. The number of ether oxygens (including phenoxy) is 1. The maximum atomic E-state index is 11.3. The van der Waals surface area contributed by atoms with Crippen LogP contribution in [0.3, 0.4) is 0 Å². The number of aliphatic hydroxyl groups is 1. The molecule has 1 rings (SSSR count). The molecule has 0 aliphatic carbocycles. The Hall–Kier alpha value is -1.89. The van der Waals surface area contributed by atoms with Crippen molar-refractivity contribution in [3.8, 4) is 0 Å². The smallest absolute Gasteiger partial charge is 0.330 e. The van der Waals surface area contributed by atoms with Gasteiger partial charge in [-0.3, -0.25) is 4.79 Å². The number of nitrogens with zero attached hydrogens (tertiary/aromatic N) is 1. The van der Waals surface area contributed by atoms with Crippen molar-refractivity contribution in [1.29, 1.82) is 0 Å². The number of nitrogens with one attached hydrogen (secondary N) is 1. The van der Waals surface area contributed by atoms with Gasteiger partial charge >= 0.3 is 5.97 Å². The van der Waals surface area contributed by atoms with Crippen LogP contribution in [0.25, 0.3) is 0 Å². The Morgan fingerprint density at radius 1 is 1.73 bits per heavy atom. The monoisotopic (exact) mass is 214 g/mol. The van der Waals surface area contributed by atoms with Crippen LogP contribution in [0, 0.1) is 0 Å². The quantitative estimate of drug-likeness (QED) is 0.619. The van der Waals surface area contributed by atoms with E-state index in [4.69, 9.17) is 5.11 Å². The predicted molar refractivity (Wildman–Crippen MR) is 46.9 cm³/mol. The molecule has 0 radical (unpaired) electrons. The summed E-state index contributed by atoms with van der Waals surface area (Å²) in [5, 5.41) is 11.0. The number of aromatic nitrogens is 1. The van der Waals surface area contributed by atoms with Crippen molar-refractivity contribution in [3.05, 3.63) is 18.4 Å². The minimum Gasteiger partial charge on any atom is -0.467 e. The van der Waals surface area contributed by atoms with E-state index in [-0.39, 0.29) is 5.69 Å². The molecule has 82 valence electrons. The molecular formula is C8H10N2O5. The number of rotatable bonds is 4. The van der Waals surface area contributed by atoms with Gasteiger partial charge in [0.25, 0.3) is 5.91 Å². The average Bonchev–Trinajstić information content (AvgIpc) is 2.77. The largest absolute Gasteiger partial charge is 0.467 e. The highest BCUT2D eigenvalue weighted by Crippen LogP contribution is 1.96. The summed E-state index contributed by atoms with van der Waals surface area (Å²) in [4.78, 5) is 25.9. The highest BCUT2D eigenvalue weighted by molar-refractivity contribution is 5.94. The zero-order valence-electron chi connectivity index (χ0n) is 7.97. The Labute approximate surface area is 85.1 Å². The van der Waals surface area contributed by atoms with Crippen molar-refractivity contribution in [1.82, 2.24) is 10.3 Å². The Kier molecular flexibility index (Phi) is 3.81. The van der Waals surface area contributed by atoms with Gasteiger partial charge in [0.1, 0.15) is 6.26 Å². The number of aliphatic hydroxyl groups excluding tert-OH is 1. The van der Waals surface area contributed by atoms with Crippen LogP contribution in [0.5, 0.6) is 0 Å². The molecule has 1 atom stereocenters.